The molecule has 0 atom stereocenters. The van der Waals surface area contributed by atoms with Gasteiger partial charge < -0.3 is 17.4 Å². The number of nitrogens with two attached hydrogens (primary N) is 1. The molecule has 0 radical (unpaired) electrons. The van der Waals surface area contributed by atoms with Crippen LogP contribution in [-0.2, 0) is 0 Å². The maximum atomic E-state index is 10.4. The number of nitro groups is 1. The van der Waals surface area contributed by atoms with Crippen molar-refractivity contribution >= 4 is 11.5 Å². The van der Waals surface area contributed by atoms with Crippen LogP contribution in [0.5, 0.6) is 0 Å². The molecule has 0 aromatic carbocycles. The molecule has 0 amide bonds. The zero-order valence-corrected chi connectivity index (χ0v) is 8.07. The number of hydrogen-bond donors (Lipinski definition) is 2. The van der Waals surface area contributed by atoms with Gasteiger partial charge in [0.05, 0.1) is 4.92 Å². The quantitative estimate of drug-likeness (QED) is 0.503. The molecule has 0 aliphatic carbocycles. The molecule has 0 saturated heterocycles. The van der Waals surface area contributed by atoms with Crippen molar-refractivity contribution < 1.29 is 10.4 Å². The lowest BCUT2D eigenvalue weighted by molar-refractivity contribution is -0.385. The number of aromatic nitrogens is 1. The molecule has 0 aliphatic rings. The van der Waals surface area contributed by atoms with Gasteiger partial charge in [-0.25, -0.2) is 4.98 Å². The number of pyridine rings is 1. The minimum atomic E-state index is -0.464. The number of anilines is 1. The first-order valence-electron chi connectivity index (χ1n) is 3.40. The fourth-order valence-corrected chi connectivity index (χ4v) is 0.894. The molecule has 0 fully saturated rings. The highest BCUT2D eigenvalue weighted by molar-refractivity contribution is 5.48. The molecule has 7 nitrogen and oxygen atoms in total. The van der Waals surface area contributed by atoms with E-state index >= 15 is 0 Å². The fourth-order valence-electron chi connectivity index (χ4n) is 0.894. The van der Waals surface area contributed by atoms with Crippen LogP contribution in [0.4, 0.5) is 11.5 Å². The maximum absolute atomic E-state index is 10.4. The van der Waals surface area contributed by atoms with E-state index in [1.165, 1.54) is 6.07 Å². The van der Waals surface area contributed by atoms with E-state index in [0.717, 1.165) is 0 Å². The third-order valence-electron chi connectivity index (χ3n) is 1.61. The molecule has 14 heavy (non-hydrogen) atoms. The van der Waals surface area contributed by atoms with Crippen molar-refractivity contribution in [2.24, 2.45) is 0 Å². The van der Waals surface area contributed by atoms with Gasteiger partial charge in [0, 0.05) is 6.07 Å². The molecular formula is C7H14N4O3. The van der Waals surface area contributed by atoms with Crippen molar-refractivity contribution in [2.45, 2.75) is 13.8 Å². The summed E-state index contributed by atoms with van der Waals surface area (Å²) in [5.41, 5.74) is 6.45. The highest BCUT2D eigenvalue weighted by atomic mass is 16.6. The molecule has 0 spiro atoms. The van der Waals surface area contributed by atoms with Gasteiger partial charge in [0.2, 0.25) is 0 Å². The standard InChI is InChI=1S/C7H9N3O2.H3N.H2O/c1-4-3-6(10(11)12)5(2)9-7(4)8;;/h3H,1-2H3,(H2,8,9);1H3;1H2. The topological polar surface area (TPSA) is 149 Å². The van der Waals surface area contributed by atoms with Gasteiger partial charge in [0.25, 0.3) is 5.69 Å². The summed E-state index contributed by atoms with van der Waals surface area (Å²) in [6.07, 6.45) is 0. The minimum Gasteiger partial charge on any atom is -0.412 e. The second-order valence-electron chi connectivity index (χ2n) is 2.55. The Kier molecular flexibility index (Phi) is 5.38. The van der Waals surface area contributed by atoms with Crippen LogP contribution in [0.15, 0.2) is 6.07 Å². The minimum absolute atomic E-state index is 0. The van der Waals surface area contributed by atoms with Crippen molar-refractivity contribution in [3.8, 4) is 0 Å². The second kappa shape index (κ2) is 5.10. The highest BCUT2D eigenvalue weighted by Crippen LogP contribution is 2.19. The van der Waals surface area contributed by atoms with Crippen LogP contribution < -0.4 is 11.9 Å². The molecule has 7 N–H and O–H groups in total. The number of nitrogens with zero attached hydrogens (tertiary/aromatic N) is 2. The first-order chi connectivity index (χ1) is 5.52. The molecule has 7 heteroatoms. The third-order valence-corrected chi connectivity index (χ3v) is 1.61. The van der Waals surface area contributed by atoms with E-state index in [9.17, 15) is 10.1 Å². The first-order valence-corrected chi connectivity index (χ1v) is 3.40. The lowest BCUT2D eigenvalue weighted by Crippen LogP contribution is -2.00. The predicted octanol–water partition coefficient (Wildman–Crippen LogP) is 0.526. The van der Waals surface area contributed by atoms with Crippen LogP contribution in [0.3, 0.4) is 0 Å². The third kappa shape index (κ3) is 2.64. The second-order valence-corrected chi connectivity index (χ2v) is 2.55. The fraction of sp³-hybridized carbons (Fsp3) is 0.286. The molecule has 0 unspecified atom stereocenters. The van der Waals surface area contributed by atoms with Gasteiger partial charge >= 0.3 is 0 Å². The first kappa shape index (κ1) is 14.8. The smallest absolute Gasteiger partial charge is 0.290 e. The summed E-state index contributed by atoms with van der Waals surface area (Å²) in [7, 11) is 0. The summed E-state index contributed by atoms with van der Waals surface area (Å²) in [6.45, 7) is 3.25. The summed E-state index contributed by atoms with van der Waals surface area (Å²) in [4.78, 5) is 13.8. The Morgan fingerprint density at radius 1 is 1.50 bits per heavy atom. The van der Waals surface area contributed by atoms with Crippen molar-refractivity contribution in [3.05, 3.63) is 27.4 Å². The van der Waals surface area contributed by atoms with Crippen LogP contribution in [0, 0.1) is 24.0 Å². The molecule has 1 heterocycles. The molecule has 0 saturated carbocycles. The average Bonchev–Trinajstić information content (AvgIpc) is 1.96. The van der Waals surface area contributed by atoms with E-state index in [2.05, 4.69) is 4.98 Å². The lowest BCUT2D eigenvalue weighted by atomic mass is 10.2. The lowest BCUT2D eigenvalue weighted by Gasteiger charge is -2.00. The normalized spacial score (nSPS) is 8.43. The largest absolute Gasteiger partial charge is 0.412 e. The monoisotopic (exact) mass is 202 g/mol. The van der Waals surface area contributed by atoms with Crippen LogP contribution in [0.25, 0.3) is 0 Å². The Morgan fingerprint density at radius 2 is 2.00 bits per heavy atom. The molecule has 0 aliphatic heterocycles. The summed E-state index contributed by atoms with van der Waals surface area (Å²) in [6, 6.07) is 1.43. The van der Waals surface area contributed by atoms with Crippen molar-refractivity contribution in [3.63, 3.8) is 0 Å². The highest BCUT2D eigenvalue weighted by Gasteiger charge is 2.12. The average molecular weight is 202 g/mol. The van der Waals surface area contributed by atoms with Crippen LogP contribution in [0.1, 0.15) is 11.3 Å². The maximum Gasteiger partial charge on any atom is 0.290 e. The van der Waals surface area contributed by atoms with Gasteiger partial charge in [0.15, 0.2) is 0 Å². The van der Waals surface area contributed by atoms with E-state index in [1.54, 1.807) is 13.8 Å². The zero-order valence-electron chi connectivity index (χ0n) is 8.07. The Hall–Kier alpha value is -1.73. The van der Waals surface area contributed by atoms with Gasteiger partial charge in [-0.05, 0) is 19.4 Å². The van der Waals surface area contributed by atoms with Gasteiger partial charge in [-0.1, -0.05) is 0 Å². The molecule has 1 rings (SSSR count). The van der Waals surface area contributed by atoms with E-state index < -0.39 is 4.92 Å². The summed E-state index contributed by atoms with van der Waals surface area (Å²) in [5, 5.41) is 10.4. The van der Waals surface area contributed by atoms with Gasteiger partial charge in [0.1, 0.15) is 11.5 Å². The number of hydrogen-bond acceptors (Lipinski definition) is 5. The Bertz CT molecular complexity index is 340. The van der Waals surface area contributed by atoms with Crippen molar-refractivity contribution in [1.82, 2.24) is 11.1 Å². The van der Waals surface area contributed by atoms with E-state index in [0.29, 0.717) is 17.1 Å². The Balaban J connectivity index is 0. The molecule has 1 aromatic heterocycles. The molecule has 0 bridgehead atoms. The van der Waals surface area contributed by atoms with Crippen LogP contribution >= 0.6 is 0 Å². The van der Waals surface area contributed by atoms with Gasteiger partial charge in [-0.3, -0.25) is 10.1 Å². The summed E-state index contributed by atoms with van der Waals surface area (Å²) >= 11 is 0. The Morgan fingerprint density at radius 3 is 2.43 bits per heavy atom. The molecule has 80 valence electrons. The number of aryl methyl sites for hydroxylation is 2. The van der Waals surface area contributed by atoms with E-state index in [4.69, 9.17) is 5.73 Å². The van der Waals surface area contributed by atoms with Crippen molar-refractivity contribution in [2.75, 3.05) is 5.73 Å². The van der Waals surface area contributed by atoms with E-state index in [1.807, 2.05) is 0 Å². The SMILES string of the molecule is Cc1cc([N+](=O)[O-])c(C)nc1N.N.O. The zero-order chi connectivity index (χ0) is 9.30. The number of nitrogen functional groups attached to an aromatic ring is 1. The summed E-state index contributed by atoms with van der Waals surface area (Å²) in [5.74, 6) is 0.345. The molecular weight excluding hydrogens is 188 g/mol. The number of rotatable bonds is 1. The van der Waals surface area contributed by atoms with Crippen LogP contribution in [-0.4, -0.2) is 15.4 Å². The van der Waals surface area contributed by atoms with Crippen LogP contribution in [0.2, 0.25) is 0 Å². The van der Waals surface area contributed by atoms with Crippen molar-refractivity contribution in [1.29, 1.82) is 0 Å². The Labute approximate surface area is 81.0 Å². The summed E-state index contributed by atoms with van der Waals surface area (Å²) < 4.78 is 0. The molecule has 1 aromatic rings. The van der Waals surface area contributed by atoms with E-state index in [-0.39, 0.29) is 17.3 Å². The van der Waals surface area contributed by atoms with Gasteiger partial charge in [-0.2, -0.15) is 0 Å². The van der Waals surface area contributed by atoms with Gasteiger partial charge in [-0.15, -0.1) is 0 Å². The predicted molar refractivity (Wildman–Crippen MR) is 53.4 cm³/mol.